The van der Waals surface area contributed by atoms with Crippen LogP contribution in [0.5, 0.6) is 0 Å². The number of allylic oxidation sites excluding steroid dienone is 2. The summed E-state index contributed by atoms with van der Waals surface area (Å²) in [6.07, 6.45) is 13.9. The Bertz CT molecular complexity index is 605. The summed E-state index contributed by atoms with van der Waals surface area (Å²) < 4.78 is 0. The third-order valence-electron chi connectivity index (χ3n) is 6.24. The van der Waals surface area contributed by atoms with Crippen LogP contribution in [-0.2, 0) is 11.2 Å². The molecule has 3 heteroatoms. The van der Waals surface area contributed by atoms with Gasteiger partial charge < -0.3 is 10.2 Å². The molecule has 1 aromatic carbocycles. The number of carbonyl (C=O) groups is 1. The minimum Gasteiger partial charge on any atom is -0.481 e. The van der Waals surface area contributed by atoms with Crippen molar-refractivity contribution in [1.82, 2.24) is 0 Å². The molecule has 0 saturated heterocycles. The summed E-state index contributed by atoms with van der Waals surface area (Å²) in [6.45, 7) is 4.48. The van der Waals surface area contributed by atoms with Gasteiger partial charge in [-0.25, -0.2) is 0 Å². The van der Waals surface area contributed by atoms with E-state index in [4.69, 9.17) is 5.11 Å². The first-order chi connectivity index (χ1) is 13.5. The largest absolute Gasteiger partial charge is 0.481 e. The fraction of sp³-hybridized carbons (Fsp3) is 0.640. The minimum absolute atomic E-state index is 0.202. The molecule has 4 atom stereocenters. The van der Waals surface area contributed by atoms with Crippen LogP contribution in [0.25, 0.3) is 0 Å². The monoisotopic (exact) mass is 386 g/mol. The number of rotatable bonds is 12. The molecule has 0 aliphatic heterocycles. The van der Waals surface area contributed by atoms with Crippen molar-refractivity contribution in [2.75, 3.05) is 0 Å². The lowest BCUT2D eigenvalue weighted by Crippen LogP contribution is -2.17. The maximum atomic E-state index is 10.7. The quantitative estimate of drug-likeness (QED) is 0.336. The number of hydrogen-bond acceptors (Lipinski definition) is 2. The first-order valence-corrected chi connectivity index (χ1v) is 11.2. The van der Waals surface area contributed by atoms with Crippen molar-refractivity contribution in [1.29, 1.82) is 0 Å². The molecule has 0 radical (unpaired) electrons. The van der Waals surface area contributed by atoms with Gasteiger partial charge in [-0.3, -0.25) is 4.79 Å². The Kier molecular flexibility index (Phi) is 9.77. The highest BCUT2D eigenvalue weighted by Gasteiger charge is 2.40. The molecule has 0 spiro atoms. The van der Waals surface area contributed by atoms with Crippen molar-refractivity contribution >= 4 is 5.97 Å². The zero-order valence-corrected chi connectivity index (χ0v) is 17.6. The SMILES string of the molecule is CCCCCCc1ccc([C@@H]2C(C/C=C\CCCC(=O)O)C(C)C[C@H]2O)cc1. The number of aliphatic hydroxyl groups is 1. The van der Waals surface area contributed by atoms with Gasteiger partial charge in [-0.15, -0.1) is 0 Å². The fourth-order valence-electron chi connectivity index (χ4n) is 4.59. The number of benzene rings is 1. The number of unbranched alkanes of at least 4 members (excludes halogenated alkanes) is 4. The van der Waals surface area contributed by atoms with E-state index in [1.165, 1.54) is 36.8 Å². The predicted molar refractivity (Wildman–Crippen MR) is 116 cm³/mol. The summed E-state index contributed by atoms with van der Waals surface area (Å²) >= 11 is 0. The number of aryl methyl sites for hydroxylation is 1. The molecular weight excluding hydrogens is 348 g/mol. The van der Waals surface area contributed by atoms with Crippen molar-refractivity contribution in [3.63, 3.8) is 0 Å². The second-order valence-electron chi connectivity index (χ2n) is 8.52. The standard InChI is InChI=1S/C25H38O3/c1-3-4-5-8-11-20-14-16-21(17-15-20)25-22(19(2)18-23(25)26)12-9-6-7-10-13-24(27)28/h6,9,14-17,19,22-23,25-26H,3-5,7-8,10-13,18H2,1-2H3,(H,27,28)/b9-6-/t19?,22?,23-,25-/m1/s1. The average molecular weight is 387 g/mol. The highest BCUT2D eigenvalue weighted by molar-refractivity contribution is 5.66. The lowest BCUT2D eigenvalue weighted by atomic mass is 9.82. The Balaban J connectivity index is 1.91. The number of aliphatic hydroxyl groups excluding tert-OH is 1. The molecule has 156 valence electrons. The van der Waals surface area contributed by atoms with E-state index in [-0.39, 0.29) is 18.4 Å². The van der Waals surface area contributed by atoms with Crippen molar-refractivity contribution < 1.29 is 15.0 Å². The van der Waals surface area contributed by atoms with Crippen molar-refractivity contribution in [3.05, 3.63) is 47.5 Å². The van der Waals surface area contributed by atoms with E-state index in [2.05, 4.69) is 50.3 Å². The lowest BCUT2D eigenvalue weighted by Gasteiger charge is -2.24. The van der Waals surface area contributed by atoms with Gasteiger partial charge in [0, 0.05) is 12.3 Å². The van der Waals surface area contributed by atoms with Crippen molar-refractivity contribution in [3.8, 4) is 0 Å². The molecule has 2 rings (SSSR count). The number of carboxylic acid groups (broad SMARTS) is 1. The summed E-state index contributed by atoms with van der Waals surface area (Å²) in [5.74, 6) is 0.418. The normalized spacial score (nSPS) is 24.8. The van der Waals surface area contributed by atoms with Crippen LogP contribution >= 0.6 is 0 Å². The molecule has 3 nitrogen and oxygen atoms in total. The van der Waals surface area contributed by atoms with Crippen molar-refractivity contribution in [2.24, 2.45) is 11.8 Å². The van der Waals surface area contributed by atoms with E-state index in [1.807, 2.05) is 0 Å². The van der Waals surface area contributed by atoms with E-state index in [0.29, 0.717) is 18.3 Å². The van der Waals surface area contributed by atoms with E-state index >= 15 is 0 Å². The third kappa shape index (κ3) is 7.09. The van der Waals surface area contributed by atoms with Crippen LogP contribution in [0.3, 0.4) is 0 Å². The summed E-state index contributed by atoms with van der Waals surface area (Å²) in [5, 5.41) is 19.4. The van der Waals surface area contributed by atoms with Crippen LogP contribution < -0.4 is 0 Å². The van der Waals surface area contributed by atoms with Gasteiger partial charge in [-0.05, 0) is 61.5 Å². The highest BCUT2D eigenvalue weighted by Crippen LogP contribution is 2.45. The van der Waals surface area contributed by atoms with Crippen LogP contribution in [0.2, 0.25) is 0 Å². The second kappa shape index (κ2) is 12.1. The molecule has 2 unspecified atom stereocenters. The van der Waals surface area contributed by atoms with Crippen LogP contribution in [0.15, 0.2) is 36.4 Å². The van der Waals surface area contributed by atoms with E-state index in [9.17, 15) is 9.90 Å². The number of hydrogen-bond donors (Lipinski definition) is 2. The number of aliphatic carboxylic acids is 1. The molecule has 1 aromatic rings. The Morgan fingerprint density at radius 2 is 1.86 bits per heavy atom. The lowest BCUT2D eigenvalue weighted by molar-refractivity contribution is -0.137. The Hall–Kier alpha value is -1.61. The van der Waals surface area contributed by atoms with Crippen LogP contribution in [0, 0.1) is 11.8 Å². The van der Waals surface area contributed by atoms with Gasteiger partial charge in [0.1, 0.15) is 0 Å². The van der Waals surface area contributed by atoms with Gasteiger partial charge in [0.25, 0.3) is 0 Å². The average Bonchev–Trinajstić information content (AvgIpc) is 2.95. The molecule has 1 saturated carbocycles. The molecule has 28 heavy (non-hydrogen) atoms. The molecule has 1 fully saturated rings. The minimum atomic E-state index is -0.727. The van der Waals surface area contributed by atoms with E-state index < -0.39 is 5.97 Å². The molecule has 0 amide bonds. The van der Waals surface area contributed by atoms with Crippen LogP contribution in [0.4, 0.5) is 0 Å². The highest BCUT2D eigenvalue weighted by atomic mass is 16.4. The molecule has 0 aromatic heterocycles. The zero-order valence-electron chi connectivity index (χ0n) is 17.6. The maximum Gasteiger partial charge on any atom is 0.303 e. The zero-order chi connectivity index (χ0) is 20.4. The summed E-state index contributed by atoms with van der Waals surface area (Å²) in [7, 11) is 0. The number of carboxylic acids is 1. The maximum absolute atomic E-state index is 10.7. The van der Waals surface area contributed by atoms with Crippen LogP contribution in [-0.4, -0.2) is 22.3 Å². The first kappa shape index (κ1) is 22.7. The molecule has 1 aliphatic carbocycles. The fourth-order valence-corrected chi connectivity index (χ4v) is 4.59. The smallest absolute Gasteiger partial charge is 0.303 e. The Morgan fingerprint density at radius 1 is 1.11 bits per heavy atom. The third-order valence-corrected chi connectivity index (χ3v) is 6.24. The van der Waals surface area contributed by atoms with Gasteiger partial charge in [-0.2, -0.15) is 0 Å². The van der Waals surface area contributed by atoms with Crippen LogP contribution in [0.1, 0.15) is 88.7 Å². The Morgan fingerprint density at radius 3 is 2.54 bits per heavy atom. The second-order valence-corrected chi connectivity index (χ2v) is 8.52. The van der Waals surface area contributed by atoms with Gasteiger partial charge in [0.05, 0.1) is 6.10 Å². The van der Waals surface area contributed by atoms with E-state index in [0.717, 1.165) is 25.7 Å². The summed E-state index contributed by atoms with van der Waals surface area (Å²) in [4.78, 5) is 10.6. The summed E-state index contributed by atoms with van der Waals surface area (Å²) in [5.41, 5.74) is 2.66. The van der Waals surface area contributed by atoms with E-state index in [1.54, 1.807) is 0 Å². The van der Waals surface area contributed by atoms with Gasteiger partial charge in [0.15, 0.2) is 0 Å². The molecule has 0 heterocycles. The molecule has 1 aliphatic rings. The topological polar surface area (TPSA) is 57.5 Å². The van der Waals surface area contributed by atoms with Gasteiger partial charge >= 0.3 is 5.97 Å². The van der Waals surface area contributed by atoms with Gasteiger partial charge in [0.2, 0.25) is 0 Å². The Labute approximate surface area is 170 Å². The molecule has 0 bridgehead atoms. The van der Waals surface area contributed by atoms with Gasteiger partial charge in [-0.1, -0.05) is 69.5 Å². The summed E-state index contributed by atoms with van der Waals surface area (Å²) in [6, 6.07) is 8.95. The first-order valence-electron chi connectivity index (χ1n) is 11.2. The molecule has 2 N–H and O–H groups in total. The predicted octanol–water partition coefficient (Wildman–Crippen LogP) is 6.11. The molecular formula is C25H38O3. The van der Waals surface area contributed by atoms with Crippen molar-refractivity contribution in [2.45, 2.75) is 90.1 Å².